The van der Waals surface area contributed by atoms with Crippen molar-refractivity contribution in [3.8, 4) is 0 Å². The molecule has 6 nitrogen and oxygen atoms in total. The largest absolute Gasteiger partial charge is 0.352 e. The van der Waals surface area contributed by atoms with Crippen molar-refractivity contribution in [1.29, 1.82) is 0 Å². The van der Waals surface area contributed by atoms with E-state index < -0.39 is 0 Å². The van der Waals surface area contributed by atoms with Crippen LogP contribution in [0.1, 0.15) is 5.56 Å². The molecule has 0 spiro atoms. The van der Waals surface area contributed by atoms with Gasteiger partial charge in [0.05, 0.1) is 18.7 Å². The van der Waals surface area contributed by atoms with Gasteiger partial charge in [0.25, 0.3) is 0 Å². The van der Waals surface area contributed by atoms with Crippen molar-refractivity contribution in [2.75, 3.05) is 32.7 Å². The smallest absolute Gasteiger partial charge is 0.227 e. The fraction of sp³-hybridized carbons (Fsp3) is 0.316. The number of amidine groups is 1. The van der Waals surface area contributed by atoms with E-state index in [-0.39, 0.29) is 5.91 Å². The molecular weight excluding hydrogens is 314 g/mol. The van der Waals surface area contributed by atoms with Crippen molar-refractivity contribution in [2.45, 2.75) is 6.42 Å². The lowest BCUT2D eigenvalue weighted by molar-refractivity contribution is -0.131. The molecule has 3 aliphatic rings. The monoisotopic (exact) mass is 335 g/mol. The summed E-state index contributed by atoms with van der Waals surface area (Å²) in [5.41, 5.74) is 2.13. The van der Waals surface area contributed by atoms with Gasteiger partial charge < -0.3 is 9.80 Å². The van der Waals surface area contributed by atoms with E-state index in [4.69, 9.17) is 0 Å². The van der Waals surface area contributed by atoms with Crippen molar-refractivity contribution in [3.63, 3.8) is 0 Å². The summed E-state index contributed by atoms with van der Waals surface area (Å²) >= 11 is 0. The van der Waals surface area contributed by atoms with Crippen LogP contribution in [-0.2, 0) is 11.2 Å². The van der Waals surface area contributed by atoms with E-state index in [0.29, 0.717) is 13.0 Å². The highest BCUT2D eigenvalue weighted by Gasteiger charge is 2.24. The molecule has 3 heterocycles. The summed E-state index contributed by atoms with van der Waals surface area (Å²) < 4.78 is 0. The number of rotatable bonds is 2. The first-order valence-corrected chi connectivity index (χ1v) is 8.62. The summed E-state index contributed by atoms with van der Waals surface area (Å²) in [5, 5.41) is 6.44. The number of benzene rings is 1. The molecule has 0 atom stereocenters. The zero-order valence-corrected chi connectivity index (χ0v) is 14.1. The molecule has 0 saturated carbocycles. The highest BCUT2D eigenvalue weighted by molar-refractivity contribution is 5.95. The average Bonchev–Trinajstić information content (AvgIpc) is 2.68. The predicted molar refractivity (Wildman–Crippen MR) is 98.2 cm³/mol. The maximum absolute atomic E-state index is 12.5. The van der Waals surface area contributed by atoms with Gasteiger partial charge in [0.2, 0.25) is 5.91 Å². The Hall–Kier alpha value is -2.89. The van der Waals surface area contributed by atoms with Gasteiger partial charge in [-0.15, -0.1) is 5.10 Å². The lowest BCUT2D eigenvalue weighted by atomic mass is 10.1. The van der Waals surface area contributed by atoms with Gasteiger partial charge in [-0.05, 0) is 23.8 Å². The van der Waals surface area contributed by atoms with Gasteiger partial charge in [-0.2, -0.15) is 0 Å². The molecular formula is C19H21N5O. The van der Waals surface area contributed by atoms with E-state index in [1.807, 2.05) is 46.3 Å². The van der Waals surface area contributed by atoms with Crippen molar-refractivity contribution >= 4 is 18.1 Å². The molecule has 1 aromatic rings. The van der Waals surface area contributed by atoms with Crippen LogP contribution in [0.25, 0.3) is 0 Å². The summed E-state index contributed by atoms with van der Waals surface area (Å²) in [6.07, 6.45) is 8.40. The van der Waals surface area contributed by atoms with Crippen LogP contribution in [0.5, 0.6) is 0 Å². The van der Waals surface area contributed by atoms with E-state index in [9.17, 15) is 4.79 Å². The number of fused-ring (bicyclic) bond motifs is 1. The normalized spacial score (nSPS) is 19.4. The van der Waals surface area contributed by atoms with Crippen molar-refractivity contribution in [1.82, 2.24) is 14.8 Å². The topological polar surface area (TPSA) is 51.5 Å². The first-order chi connectivity index (χ1) is 12.3. The maximum Gasteiger partial charge on any atom is 0.227 e. The summed E-state index contributed by atoms with van der Waals surface area (Å²) in [5.74, 6) is 1.13. The van der Waals surface area contributed by atoms with Gasteiger partial charge in [0.1, 0.15) is 12.2 Å². The van der Waals surface area contributed by atoms with Crippen LogP contribution < -0.4 is 0 Å². The number of aliphatic imine (C=N–C) groups is 1. The molecule has 3 aliphatic heterocycles. The Balaban J connectivity index is 1.34. The van der Waals surface area contributed by atoms with Crippen LogP contribution in [0.3, 0.4) is 0 Å². The van der Waals surface area contributed by atoms with E-state index in [1.165, 1.54) is 0 Å². The van der Waals surface area contributed by atoms with E-state index in [0.717, 1.165) is 43.3 Å². The molecule has 1 fully saturated rings. The molecule has 25 heavy (non-hydrogen) atoms. The number of piperazine rings is 1. The van der Waals surface area contributed by atoms with Gasteiger partial charge in [-0.3, -0.25) is 9.79 Å². The molecule has 4 rings (SSSR count). The second kappa shape index (κ2) is 6.93. The van der Waals surface area contributed by atoms with Crippen molar-refractivity contribution in [3.05, 3.63) is 59.8 Å². The number of carbonyl (C=O) groups excluding carboxylic acids is 1. The van der Waals surface area contributed by atoms with Gasteiger partial charge >= 0.3 is 0 Å². The number of allylic oxidation sites excluding steroid dienone is 1. The highest BCUT2D eigenvalue weighted by atomic mass is 16.2. The van der Waals surface area contributed by atoms with Crippen LogP contribution in [0.4, 0.5) is 0 Å². The quantitative estimate of drug-likeness (QED) is 0.823. The van der Waals surface area contributed by atoms with Gasteiger partial charge in [-0.25, -0.2) is 5.01 Å². The number of amides is 1. The third kappa shape index (κ3) is 3.47. The molecule has 0 bridgehead atoms. The zero-order chi connectivity index (χ0) is 17.1. The summed E-state index contributed by atoms with van der Waals surface area (Å²) in [6.45, 7) is 3.77. The minimum atomic E-state index is 0.195. The molecule has 1 saturated heterocycles. The number of hydrogen-bond donors (Lipinski definition) is 0. The molecule has 0 aromatic heterocycles. The van der Waals surface area contributed by atoms with Crippen molar-refractivity contribution < 1.29 is 4.79 Å². The first kappa shape index (κ1) is 15.6. The Bertz CT molecular complexity index is 757. The Morgan fingerprint density at radius 1 is 1.04 bits per heavy atom. The number of hydrazone groups is 1. The van der Waals surface area contributed by atoms with Crippen LogP contribution in [0.2, 0.25) is 0 Å². The first-order valence-electron chi connectivity index (χ1n) is 8.62. The van der Waals surface area contributed by atoms with Crippen molar-refractivity contribution in [2.24, 2.45) is 10.1 Å². The lowest BCUT2D eigenvalue weighted by Crippen LogP contribution is -2.51. The standard InChI is InChI=1S/C19H21N5O/c25-19(14-16-4-2-1-3-5-16)23-12-10-22(11-13-23)18-7-6-17-8-9-20-15-24(17)21-18/h1-8,15H,9-14H2. The van der Waals surface area contributed by atoms with E-state index in [2.05, 4.69) is 27.1 Å². The van der Waals surface area contributed by atoms with Gasteiger partial charge in [-0.1, -0.05) is 30.3 Å². The third-order valence-electron chi connectivity index (χ3n) is 4.63. The fourth-order valence-corrected chi connectivity index (χ4v) is 3.20. The predicted octanol–water partition coefficient (Wildman–Crippen LogP) is 1.48. The average molecular weight is 335 g/mol. The van der Waals surface area contributed by atoms with E-state index >= 15 is 0 Å². The highest BCUT2D eigenvalue weighted by Crippen LogP contribution is 2.16. The minimum absolute atomic E-state index is 0.195. The minimum Gasteiger partial charge on any atom is -0.352 e. The molecule has 1 aromatic carbocycles. The Morgan fingerprint density at radius 3 is 2.64 bits per heavy atom. The molecule has 0 N–H and O–H groups in total. The molecule has 1 amide bonds. The number of carbonyl (C=O) groups is 1. The second-order valence-corrected chi connectivity index (χ2v) is 6.28. The summed E-state index contributed by atoms with van der Waals surface area (Å²) in [4.78, 5) is 20.9. The number of hydrogen-bond acceptors (Lipinski definition) is 5. The van der Waals surface area contributed by atoms with Crippen LogP contribution in [-0.4, -0.2) is 65.6 Å². The second-order valence-electron chi connectivity index (χ2n) is 6.28. The SMILES string of the molecule is O=C(Cc1ccccc1)N1CCN(C2=NN3C=NCC=C3C=C2)CC1. The molecule has 0 radical (unpaired) electrons. The summed E-state index contributed by atoms with van der Waals surface area (Å²) in [7, 11) is 0. The van der Waals surface area contributed by atoms with E-state index in [1.54, 1.807) is 6.34 Å². The molecule has 0 unspecified atom stereocenters. The van der Waals surface area contributed by atoms with Gasteiger partial charge in [0, 0.05) is 26.2 Å². The summed E-state index contributed by atoms with van der Waals surface area (Å²) in [6, 6.07) is 9.92. The molecule has 0 aliphatic carbocycles. The van der Waals surface area contributed by atoms with Gasteiger partial charge in [0.15, 0.2) is 0 Å². The third-order valence-corrected chi connectivity index (χ3v) is 4.63. The zero-order valence-electron chi connectivity index (χ0n) is 14.1. The van der Waals surface area contributed by atoms with Crippen LogP contribution in [0.15, 0.2) is 64.4 Å². The number of nitrogens with zero attached hydrogens (tertiary/aromatic N) is 5. The Kier molecular flexibility index (Phi) is 4.33. The Morgan fingerprint density at radius 2 is 1.84 bits per heavy atom. The lowest BCUT2D eigenvalue weighted by Gasteiger charge is -2.37. The Labute approximate surface area is 147 Å². The fourth-order valence-electron chi connectivity index (χ4n) is 3.20. The maximum atomic E-state index is 12.5. The molecule has 6 heteroatoms. The molecule has 128 valence electrons. The van der Waals surface area contributed by atoms with Crippen LogP contribution >= 0.6 is 0 Å². The van der Waals surface area contributed by atoms with Crippen LogP contribution in [0, 0.1) is 0 Å².